The van der Waals surface area contributed by atoms with Gasteiger partial charge in [-0.3, -0.25) is 4.79 Å². The van der Waals surface area contributed by atoms with Gasteiger partial charge < -0.3 is 21.1 Å². The summed E-state index contributed by atoms with van der Waals surface area (Å²) in [5.41, 5.74) is 6.76. The topological polar surface area (TPSA) is 102 Å². The highest BCUT2D eigenvalue weighted by Gasteiger charge is 2.28. The van der Waals surface area contributed by atoms with Crippen LogP contribution in [0, 0.1) is 5.92 Å². The molecular formula is C20H27N5O2. The first kappa shape index (κ1) is 19.1. The molecule has 0 unspecified atom stereocenters. The number of nitrogens with one attached hydrogen (secondary N) is 2. The average molecular weight is 369 g/mol. The van der Waals surface area contributed by atoms with Crippen molar-refractivity contribution in [2.24, 2.45) is 11.7 Å². The summed E-state index contributed by atoms with van der Waals surface area (Å²) in [6.45, 7) is 5.68. The van der Waals surface area contributed by atoms with Crippen LogP contribution in [0.15, 0.2) is 36.5 Å². The Morgan fingerprint density at radius 3 is 3.00 bits per heavy atom. The predicted molar refractivity (Wildman–Crippen MR) is 106 cm³/mol. The molecule has 7 nitrogen and oxygen atoms in total. The van der Waals surface area contributed by atoms with E-state index in [0.29, 0.717) is 24.0 Å². The van der Waals surface area contributed by atoms with Crippen LogP contribution in [-0.2, 0) is 11.3 Å². The van der Waals surface area contributed by atoms with Gasteiger partial charge in [-0.1, -0.05) is 26.0 Å². The first-order valence-corrected chi connectivity index (χ1v) is 9.36. The number of rotatable bonds is 7. The Morgan fingerprint density at radius 2 is 2.22 bits per heavy atom. The Labute approximate surface area is 159 Å². The maximum Gasteiger partial charge on any atom is 0.248 e. The van der Waals surface area contributed by atoms with Crippen molar-refractivity contribution >= 4 is 17.7 Å². The van der Waals surface area contributed by atoms with Gasteiger partial charge in [0.15, 0.2) is 0 Å². The first-order valence-electron chi connectivity index (χ1n) is 9.36. The third kappa shape index (κ3) is 5.17. The number of amides is 1. The molecule has 27 heavy (non-hydrogen) atoms. The van der Waals surface area contributed by atoms with Crippen LogP contribution < -0.4 is 16.4 Å². The van der Waals surface area contributed by atoms with Gasteiger partial charge in [0, 0.05) is 24.9 Å². The van der Waals surface area contributed by atoms with Gasteiger partial charge in [0.05, 0.1) is 12.1 Å². The largest absolute Gasteiger partial charge is 0.376 e. The van der Waals surface area contributed by atoms with E-state index < -0.39 is 5.91 Å². The zero-order chi connectivity index (χ0) is 19.2. The van der Waals surface area contributed by atoms with E-state index in [1.54, 1.807) is 18.3 Å². The molecule has 1 aromatic carbocycles. The summed E-state index contributed by atoms with van der Waals surface area (Å²) in [7, 11) is 0. The van der Waals surface area contributed by atoms with Crippen molar-refractivity contribution in [1.29, 1.82) is 0 Å². The van der Waals surface area contributed by atoms with Gasteiger partial charge in [-0.25, -0.2) is 4.98 Å². The number of hydrogen-bond donors (Lipinski definition) is 3. The molecule has 1 amide bonds. The van der Waals surface area contributed by atoms with E-state index in [2.05, 4.69) is 34.4 Å². The van der Waals surface area contributed by atoms with Crippen LogP contribution in [0.1, 0.15) is 42.6 Å². The van der Waals surface area contributed by atoms with Crippen LogP contribution in [0.5, 0.6) is 0 Å². The second-order valence-corrected chi connectivity index (χ2v) is 7.16. The van der Waals surface area contributed by atoms with Crippen molar-refractivity contribution in [2.45, 2.75) is 45.4 Å². The van der Waals surface area contributed by atoms with Gasteiger partial charge >= 0.3 is 0 Å². The molecule has 1 aliphatic heterocycles. The lowest BCUT2D eigenvalue weighted by Crippen LogP contribution is -2.43. The average Bonchev–Trinajstić information content (AvgIpc) is 2.67. The monoisotopic (exact) mass is 369 g/mol. The third-order valence-corrected chi connectivity index (χ3v) is 4.67. The van der Waals surface area contributed by atoms with Crippen LogP contribution in [0.4, 0.5) is 11.8 Å². The Balaban J connectivity index is 1.63. The van der Waals surface area contributed by atoms with Gasteiger partial charge in [-0.15, -0.1) is 0 Å². The molecule has 2 atom stereocenters. The van der Waals surface area contributed by atoms with Crippen LogP contribution >= 0.6 is 0 Å². The Bertz CT molecular complexity index is 780. The summed E-state index contributed by atoms with van der Waals surface area (Å²) in [4.78, 5) is 20.1. The number of benzene rings is 1. The fourth-order valence-corrected chi connectivity index (χ4v) is 3.34. The molecule has 0 spiro atoms. The molecule has 1 fully saturated rings. The summed E-state index contributed by atoms with van der Waals surface area (Å²) >= 11 is 0. The second kappa shape index (κ2) is 8.81. The maximum atomic E-state index is 11.3. The number of primary amides is 1. The highest BCUT2D eigenvalue weighted by Crippen LogP contribution is 2.23. The molecule has 2 aromatic rings. The minimum atomic E-state index is -0.436. The molecule has 2 heterocycles. The van der Waals surface area contributed by atoms with Crippen molar-refractivity contribution in [2.75, 3.05) is 17.2 Å². The number of anilines is 2. The van der Waals surface area contributed by atoms with Crippen LogP contribution in [0.3, 0.4) is 0 Å². The first-order chi connectivity index (χ1) is 13.0. The second-order valence-electron chi connectivity index (χ2n) is 7.16. The molecule has 7 heteroatoms. The van der Waals surface area contributed by atoms with E-state index in [1.165, 1.54) is 0 Å². The van der Waals surface area contributed by atoms with Crippen molar-refractivity contribution in [1.82, 2.24) is 9.97 Å². The van der Waals surface area contributed by atoms with E-state index in [9.17, 15) is 4.79 Å². The van der Waals surface area contributed by atoms with Crippen molar-refractivity contribution in [3.63, 3.8) is 0 Å². The lowest BCUT2D eigenvalue weighted by atomic mass is 9.94. The Hall–Kier alpha value is -2.67. The minimum absolute atomic E-state index is 0.182. The number of nitrogens with zero attached hydrogens (tertiary/aromatic N) is 2. The number of ether oxygens (including phenoxy) is 1. The third-order valence-electron chi connectivity index (χ3n) is 4.67. The number of carbonyl (C=O) groups excluding carboxylic acids is 1. The molecule has 1 aliphatic rings. The minimum Gasteiger partial charge on any atom is -0.376 e. The lowest BCUT2D eigenvalue weighted by Gasteiger charge is -2.35. The van der Waals surface area contributed by atoms with E-state index in [4.69, 9.17) is 10.5 Å². The number of hydrogen-bond acceptors (Lipinski definition) is 6. The molecule has 144 valence electrons. The number of carbonyl (C=O) groups is 1. The van der Waals surface area contributed by atoms with Crippen molar-refractivity contribution in [3.05, 3.63) is 47.7 Å². The molecule has 0 saturated carbocycles. The molecule has 0 aliphatic carbocycles. The number of aromatic nitrogens is 2. The summed E-state index contributed by atoms with van der Waals surface area (Å²) in [6, 6.07) is 9.31. The van der Waals surface area contributed by atoms with E-state index in [-0.39, 0.29) is 12.1 Å². The quantitative estimate of drug-likeness (QED) is 0.694. The summed E-state index contributed by atoms with van der Waals surface area (Å²) in [6.07, 6.45) is 4.02. The van der Waals surface area contributed by atoms with E-state index in [0.717, 1.165) is 30.8 Å². The zero-order valence-corrected chi connectivity index (χ0v) is 15.8. The van der Waals surface area contributed by atoms with Gasteiger partial charge in [0.25, 0.3) is 0 Å². The SMILES string of the molecule is CC(C)[C@@H]1OCCC[C@H]1Nc1ccnc(NCc2cccc(C(N)=O)c2)n1. The van der Waals surface area contributed by atoms with Crippen molar-refractivity contribution < 1.29 is 9.53 Å². The van der Waals surface area contributed by atoms with Gasteiger partial charge in [0.1, 0.15) is 5.82 Å². The summed E-state index contributed by atoms with van der Waals surface area (Å²) in [5.74, 6) is 1.32. The summed E-state index contributed by atoms with van der Waals surface area (Å²) < 4.78 is 5.93. The predicted octanol–water partition coefficient (Wildman–Crippen LogP) is 2.80. The molecular weight excluding hydrogens is 342 g/mol. The molecule has 0 radical (unpaired) electrons. The van der Waals surface area contributed by atoms with Gasteiger partial charge in [-0.2, -0.15) is 4.98 Å². The van der Waals surface area contributed by atoms with E-state index in [1.807, 2.05) is 18.2 Å². The molecule has 4 N–H and O–H groups in total. The van der Waals surface area contributed by atoms with E-state index >= 15 is 0 Å². The fourth-order valence-electron chi connectivity index (χ4n) is 3.34. The zero-order valence-electron chi connectivity index (χ0n) is 15.8. The van der Waals surface area contributed by atoms with Crippen LogP contribution in [-0.4, -0.2) is 34.6 Å². The standard InChI is InChI=1S/C20H27N5O2/c1-13(2)18-16(7-4-10-27-18)24-17-8-9-22-20(25-17)23-12-14-5-3-6-15(11-14)19(21)26/h3,5-6,8-9,11,13,16,18H,4,7,10,12H2,1-2H3,(H2,21,26)(H2,22,23,24,25)/t16-,18+/m1/s1. The normalized spacial score (nSPS) is 19.7. The van der Waals surface area contributed by atoms with Crippen LogP contribution in [0.25, 0.3) is 0 Å². The maximum absolute atomic E-state index is 11.3. The molecule has 1 aromatic heterocycles. The smallest absolute Gasteiger partial charge is 0.248 e. The van der Waals surface area contributed by atoms with Gasteiger partial charge in [0.2, 0.25) is 11.9 Å². The Morgan fingerprint density at radius 1 is 1.37 bits per heavy atom. The van der Waals surface area contributed by atoms with Crippen LogP contribution in [0.2, 0.25) is 0 Å². The van der Waals surface area contributed by atoms with Crippen molar-refractivity contribution in [3.8, 4) is 0 Å². The number of nitrogens with two attached hydrogens (primary N) is 1. The highest BCUT2D eigenvalue weighted by molar-refractivity contribution is 5.92. The molecule has 1 saturated heterocycles. The molecule has 0 bridgehead atoms. The lowest BCUT2D eigenvalue weighted by molar-refractivity contribution is -0.0203. The Kier molecular flexibility index (Phi) is 6.24. The van der Waals surface area contributed by atoms with Gasteiger partial charge in [-0.05, 0) is 42.5 Å². The fraction of sp³-hybridized carbons (Fsp3) is 0.450. The molecule has 3 rings (SSSR count). The summed E-state index contributed by atoms with van der Waals surface area (Å²) in [5, 5.41) is 6.69. The highest BCUT2D eigenvalue weighted by atomic mass is 16.5.